The summed E-state index contributed by atoms with van der Waals surface area (Å²) in [7, 11) is -3.68. The van der Waals surface area contributed by atoms with Gasteiger partial charge in [0.25, 0.3) is 0 Å². The highest BCUT2D eigenvalue weighted by Crippen LogP contribution is 2.11. The fraction of sp³-hybridized carbons (Fsp3) is 0.200. The number of carbonyl (C=O) groups excluding carboxylic acids is 1. The molecule has 0 atom stereocenters. The first-order valence-corrected chi connectivity index (χ1v) is 8.23. The fourth-order valence-electron chi connectivity index (χ4n) is 1.85. The van der Waals surface area contributed by atoms with Crippen molar-refractivity contribution in [2.45, 2.75) is 24.7 Å². The van der Waals surface area contributed by atoms with Gasteiger partial charge in [0, 0.05) is 12.6 Å². The molecule has 0 radical (unpaired) electrons. The number of primary sulfonamides is 1. The number of benzene rings is 1. The van der Waals surface area contributed by atoms with Crippen LogP contribution in [0.2, 0.25) is 0 Å². The molecule has 0 unspecified atom stereocenters. The second-order valence-corrected chi connectivity index (χ2v) is 6.52. The van der Waals surface area contributed by atoms with Crippen LogP contribution in [0.25, 0.3) is 0 Å². The molecular weight excluding hydrogens is 302 g/mol. The summed E-state index contributed by atoms with van der Waals surface area (Å²) in [5.74, 6) is 0.368. The van der Waals surface area contributed by atoms with Gasteiger partial charge in [-0.25, -0.2) is 18.5 Å². The van der Waals surface area contributed by atoms with Crippen molar-refractivity contribution in [3.05, 3.63) is 53.7 Å². The number of nitrogens with two attached hydrogens (primary N) is 1. The molecule has 1 aromatic carbocycles. The monoisotopic (exact) mass is 319 g/mol. The Morgan fingerprint density at radius 2 is 1.86 bits per heavy atom. The van der Waals surface area contributed by atoms with Crippen LogP contribution in [0.4, 0.5) is 5.82 Å². The van der Waals surface area contributed by atoms with E-state index in [4.69, 9.17) is 5.14 Å². The third kappa shape index (κ3) is 4.64. The van der Waals surface area contributed by atoms with E-state index in [0.29, 0.717) is 12.2 Å². The van der Waals surface area contributed by atoms with Gasteiger partial charge in [-0.3, -0.25) is 4.79 Å². The van der Waals surface area contributed by atoms with E-state index in [0.717, 1.165) is 11.1 Å². The number of pyridine rings is 1. The van der Waals surface area contributed by atoms with Crippen LogP contribution < -0.4 is 10.5 Å². The molecular formula is C15H17N3O3S. The van der Waals surface area contributed by atoms with Gasteiger partial charge in [-0.1, -0.05) is 18.2 Å². The number of carbonyl (C=O) groups is 1. The zero-order valence-corrected chi connectivity index (χ0v) is 12.9. The Morgan fingerprint density at radius 1 is 1.18 bits per heavy atom. The molecule has 116 valence electrons. The quantitative estimate of drug-likeness (QED) is 0.874. The Balaban J connectivity index is 1.89. The average molecular weight is 319 g/mol. The molecule has 3 N–H and O–H groups in total. The van der Waals surface area contributed by atoms with E-state index >= 15 is 0 Å². The number of aryl methyl sites for hydroxylation is 2. The van der Waals surface area contributed by atoms with Crippen molar-refractivity contribution in [2.24, 2.45) is 5.14 Å². The molecule has 0 bridgehead atoms. The van der Waals surface area contributed by atoms with E-state index in [1.54, 1.807) is 24.4 Å². The van der Waals surface area contributed by atoms with Gasteiger partial charge in [0.15, 0.2) is 0 Å². The molecule has 1 heterocycles. The van der Waals surface area contributed by atoms with Crippen molar-refractivity contribution in [3.63, 3.8) is 0 Å². The van der Waals surface area contributed by atoms with Crippen LogP contribution in [-0.2, 0) is 21.2 Å². The first kappa shape index (κ1) is 16.1. The van der Waals surface area contributed by atoms with Gasteiger partial charge in [0.2, 0.25) is 15.9 Å². The number of hydrogen-bond acceptors (Lipinski definition) is 4. The highest BCUT2D eigenvalue weighted by molar-refractivity contribution is 7.89. The van der Waals surface area contributed by atoms with Crippen LogP contribution in [0, 0.1) is 6.92 Å². The van der Waals surface area contributed by atoms with Crippen molar-refractivity contribution in [3.8, 4) is 0 Å². The van der Waals surface area contributed by atoms with Crippen molar-refractivity contribution in [1.82, 2.24) is 4.98 Å². The number of anilines is 1. The lowest BCUT2D eigenvalue weighted by molar-refractivity contribution is -0.116. The molecule has 0 aliphatic rings. The third-order valence-corrected chi connectivity index (χ3v) is 4.00. The summed E-state index contributed by atoms with van der Waals surface area (Å²) in [6.45, 7) is 1.92. The highest BCUT2D eigenvalue weighted by atomic mass is 32.2. The van der Waals surface area contributed by atoms with Crippen molar-refractivity contribution >= 4 is 21.7 Å². The molecule has 0 saturated carbocycles. The molecule has 1 aromatic heterocycles. The lowest BCUT2D eigenvalue weighted by Crippen LogP contribution is -2.14. The van der Waals surface area contributed by atoms with Crippen molar-refractivity contribution in [1.29, 1.82) is 0 Å². The molecule has 7 heteroatoms. The number of nitrogens with zero attached hydrogens (tertiary/aromatic N) is 1. The third-order valence-electron chi connectivity index (χ3n) is 3.07. The smallest absolute Gasteiger partial charge is 0.238 e. The molecule has 6 nitrogen and oxygen atoms in total. The predicted octanol–water partition coefficient (Wildman–Crippen LogP) is 1.61. The summed E-state index contributed by atoms with van der Waals surface area (Å²) in [6, 6.07) is 9.78. The van der Waals surface area contributed by atoms with E-state index in [9.17, 15) is 13.2 Å². The number of hydrogen-bond donors (Lipinski definition) is 2. The van der Waals surface area contributed by atoms with E-state index in [1.165, 1.54) is 12.1 Å². The number of sulfonamides is 1. The molecule has 0 spiro atoms. The van der Waals surface area contributed by atoms with E-state index in [1.807, 2.05) is 13.0 Å². The van der Waals surface area contributed by atoms with Gasteiger partial charge >= 0.3 is 0 Å². The number of rotatable bonds is 5. The van der Waals surface area contributed by atoms with E-state index in [2.05, 4.69) is 10.3 Å². The number of amides is 1. The minimum atomic E-state index is -3.68. The second-order valence-electron chi connectivity index (χ2n) is 4.96. The zero-order chi connectivity index (χ0) is 16.2. The summed E-state index contributed by atoms with van der Waals surface area (Å²) in [5, 5.41) is 7.74. The fourth-order valence-corrected chi connectivity index (χ4v) is 2.37. The molecule has 2 aromatic rings. The first-order valence-electron chi connectivity index (χ1n) is 6.69. The van der Waals surface area contributed by atoms with Gasteiger partial charge in [-0.15, -0.1) is 0 Å². The average Bonchev–Trinajstić information content (AvgIpc) is 2.47. The minimum absolute atomic E-state index is 0.0598. The van der Waals surface area contributed by atoms with Crippen LogP contribution in [0.15, 0.2) is 47.5 Å². The maximum atomic E-state index is 11.8. The van der Waals surface area contributed by atoms with Crippen molar-refractivity contribution < 1.29 is 13.2 Å². The van der Waals surface area contributed by atoms with Gasteiger partial charge < -0.3 is 5.32 Å². The predicted molar refractivity (Wildman–Crippen MR) is 83.7 cm³/mol. The van der Waals surface area contributed by atoms with Crippen LogP contribution in [-0.4, -0.2) is 19.3 Å². The molecule has 2 rings (SSSR count). The minimum Gasteiger partial charge on any atom is -0.311 e. The van der Waals surface area contributed by atoms with Crippen LogP contribution in [0.5, 0.6) is 0 Å². The molecule has 1 amide bonds. The lowest BCUT2D eigenvalue weighted by atomic mass is 10.1. The van der Waals surface area contributed by atoms with Gasteiger partial charge in [0.05, 0.1) is 4.90 Å². The second kappa shape index (κ2) is 6.67. The van der Waals surface area contributed by atoms with Crippen LogP contribution in [0.1, 0.15) is 17.5 Å². The van der Waals surface area contributed by atoms with Gasteiger partial charge in [0.1, 0.15) is 5.82 Å². The van der Waals surface area contributed by atoms with E-state index in [-0.39, 0.29) is 17.2 Å². The number of aromatic nitrogens is 1. The maximum Gasteiger partial charge on any atom is 0.238 e. The molecule has 0 fully saturated rings. The maximum absolute atomic E-state index is 11.8. The summed E-state index contributed by atoms with van der Waals surface area (Å²) in [4.78, 5) is 16.0. The molecule has 0 saturated heterocycles. The Morgan fingerprint density at radius 3 is 2.41 bits per heavy atom. The molecule has 0 aliphatic carbocycles. The highest BCUT2D eigenvalue weighted by Gasteiger charge is 2.08. The van der Waals surface area contributed by atoms with Crippen molar-refractivity contribution in [2.75, 3.05) is 5.32 Å². The van der Waals surface area contributed by atoms with Crippen LogP contribution in [0.3, 0.4) is 0 Å². The Hall–Kier alpha value is -2.25. The molecule has 22 heavy (non-hydrogen) atoms. The summed E-state index contributed by atoms with van der Waals surface area (Å²) in [5.41, 5.74) is 1.88. The van der Waals surface area contributed by atoms with Gasteiger partial charge in [-0.05, 0) is 42.7 Å². The van der Waals surface area contributed by atoms with Gasteiger partial charge in [-0.2, -0.15) is 0 Å². The summed E-state index contributed by atoms with van der Waals surface area (Å²) in [6.07, 6.45) is 2.47. The first-order chi connectivity index (χ1) is 10.3. The number of nitrogens with one attached hydrogen (secondary N) is 1. The summed E-state index contributed by atoms with van der Waals surface area (Å²) >= 11 is 0. The Bertz CT molecular complexity index is 754. The SMILES string of the molecule is Cc1ccc(NC(=O)CCc2ccc(S(N)(=O)=O)cc2)nc1. The largest absolute Gasteiger partial charge is 0.311 e. The lowest BCUT2D eigenvalue weighted by Gasteiger charge is -2.05. The topological polar surface area (TPSA) is 102 Å². The standard InChI is InChI=1S/C15H17N3O3S/c1-11-2-8-14(17-10-11)18-15(19)9-5-12-3-6-13(7-4-12)22(16,20)21/h2-4,6-8,10H,5,9H2,1H3,(H2,16,20,21)(H,17,18,19). The van der Waals surface area contributed by atoms with E-state index < -0.39 is 10.0 Å². The Labute approximate surface area is 129 Å². The molecule has 0 aliphatic heterocycles. The Kier molecular flexibility index (Phi) is 4.89. The van der Waals surface area contributed by atoms with Crippen LogP contribution >= 0.6 is 0 Å². The zero-order valence-electron chi connectivity index (χ0n) is 12.1. The normalized spacial score (nSPS) is 11.2. The summed E-state index contributed by atoms with van der Waals surface area (Å²) < 4.78 is 22.3.